The lowest BCUT2D eigenvalue weighted by atomic mass is 9.99. The summed E-state index contributed by atoms with van der Waals surface area (Å²) < 4.78 is 8.16. The molecule has 2 atom stereocenters. The summed E-state index contributed by atoms with van der Waals surface area (Å²) in [5.74, 6) is 2.30. The van der Waals surface area contributed by atoms with E-state index in [2.05, 4.69) is 29.7 Å². The van der Waals surface area contributed by atoms with E-state index in [9.17, 15) is 0 Å². The van der Waals surface area contributed by atoms with Gasteiger partial charge in [-0.05, 0) is 25.0 Å². The summed E-state index contributed by atoms with van der Waals surface area (Å²) in [6, 6.07) is 8.34. The second-order valence-electron chi connectivity index (χ2n) is 5.43. The van der Waals surface area contributed by atoms with Crippen molar-refractivity contribution in [1.82, 2.24) is 9.55 Å². The Hall–Kier alpha value is -1.06. The predicted molar refractivity (Wildman–Crippen MR) is 82.3 cm³/mol. The van der Waals surface area contributed by atoms with Gasteiger partial charge in [0.25, 0.3) is 0 Å². The van der Waals surface area contributed by atoms with Crippen molar-refractivity contribution in [3.8, 4) is 0 Å². The highest BCUT2D eigenvalue weighted by Crippen LogP contribution is 2.27. The summed E-state index contributed by atoms with van der Waals surface area (Å²) in [5.41, 5.74) is 2.29. The van der Waals surface area contributed by atoms with Gasteiger partial charge in [-0.1, -0.05) is 19.1 Å². The van der Waals surface area contributed by atoms with Crippen molar-refractivity contribution in [3.63, 3.8) is 0 Å². The lowest BCUT2D eigenvalue weighted by Gasteiger charge is -2.19. The van der Waals surface area contributed by atoms with Crippen LogP contribution in [-0.4, -0.2) is 28.1 Å². The number of hydrogen-bond donors (Lipinski definition) is 0. The van der Waals surface area contributed by atoms with Crippen LogP contribution in [-0.2, 0) is 17.7 Å². The zero-order valence-electron chi connectivity index (χ0n) is 11.9. The average Bonchev–Trinajstić information content (AvgIpc) is 3.05. The standard InChI is InChI=1S/C16H21ClN2O/c1-2-15-12(8-10-20-15)11-19-14-6-4-3-5-13(14)18-16(19)7-9-17/h3-6,12,15H,2,7-11H2,1H3. The Morgan fingerprint density at radius 2 is 2.25 bits per heavy atom. The maximum absolute atomic E-state index is 5.93. The first-order chi connectivity index (χ1) is 9.83. The molecule has 4 heteroatoms. The molecule has 1 aliphatic heterocycles. The van der Waals surface area contributed by atoms with E-state index in [0.717, 1.165) is 43.8 Å². The van der Waals surface area contributed by atoms with Gasteiger partial charge in [0.05, 0.1) is 17.1 Å². The van der Waals surface area contributed by atoms with Crippen LogP contribution < -0.4 is 0 Å². The predicted octanol–water partition coefficient (Wildman–Crippen LogP) is 3.63. The minimum absolute atomic E-state index is 0.389. The van der Waals surface area contributed by atoms with Gasteiger partial charge in [0.15, 0.2) is 0 Å². The number of benzene rings is 1. The van der Waals surface area contributed by atoms with Crippen molar-refractivity contribution in [3.05, 3.63) is 30.1 Å². The second kappa shape index (κ2) is 6.15. The van der Waals surface area contributed by atoms with Gasteiger partial charge in [-0.25, -0.2) is 4.98 Å². The molecule has 2 unspecified atom stereocenters. The van der Waals surface area contributed by atoms with E-state index < -0.39 is 0 Å². The number of para-hydroxylation sites is 2. The Morgan fingerprint density at radius 3 is 3.05 bits per heavy atom. The topological polar surface area (TPSA) is 27.1 Å². The number of ether oxygens (including phenoxy) is 1. The fraction of sp³-hybridized carbons (Fsp3) is 0.562. The molecule has 1 aromatic heterocycles. The molecule has 3 nitrogen and oxygen atoms in total. The molecule has 3 rings (SSSR count). The SMILES string of the molecule is CCC1OCCC1Cn1c(CCCl)nc2ccccc21. The maximum Gasteiger partial charge on any atom is 0.111 e. The molecule has 20 heavy (non-hydrogen) atoms. The van der Waals surface area contributed by atoms with E-state index in [1.807, 2.05) is 6.07 Å². The molecule has 0 bridgehead atoms. The summed E-state index contributed by atoms with van der Waals surface area (Å²) >= 11 is 5.93. The molecule has 1 saturated heterocycles. The van der Waals surface area contributed by atoms with Gasteiger partial charge in [0.1, 0.15) is 5.82 Å². The number of aryl methyl sites for hydroxylation is 1. The number of halogens is 1. The van der Waals surface area contributed by atoms with Crippen LogP contribution in [0.1, 0.15) is 25.6 Å². The van der Waals surface area contributed by atoms with E-state index in [1.165, 1.54) is 5.52 Å². The number of aromatic nitrogens is 2. The lowest BCUT2D eigenvalue weighted by Crippen LogP contribution is -2.21. The first-order valence-corrected chi connectivity index (χ1v) is 7.98. The molecule has 2 heterocycles. The van der Waals surface area contributed by atoms with Gasteiger partial charge in [0.2, 0.25) is 0 Å². The normalized spacial score (nSPS) is 22.7. The summed E-state index contributed by atoms with van der Waals surface area (Å²) in [6.45, 7) is 4.08. The quantitative estimate of drug-likeness (QED) is 0.787. The summed E-state index contributed by atoms with van der Waals surface area (Å²) in [6.07, 6.45) is 3.44. The molecule has 1 fully saturated rings. The summed E-state index contributed by atoms with van der Waals surface area (Å²) in [5, 5.41) is 0. The highest BCUT2D eigenvalue weighted by atomic mass is 35.5. The van der Waals surface area contributed by atoms with Gasteiger partial charge >= 0.3 is 0 Å². The molecule has 108 valence electrons. The minimum Gasteiger partial charge on any atom is -0.378 e. The number of fused-ring (bicyclic) bond motifs is 1. The molecular formula is C16H21ClN2O. The zero-order chi connectivity index (χ0) is 13.9. The van der Waals surface area contributed by atoms with Crippen LogP contribution in [0, 0.1) is 5.92 Å². The largest absolute Gasteiger partial charge is 0.378 e. The zero-order valence-corrected chi connectivity index (χ0v) is 12.6. The fourth-order valence-corrected chi connectivity index (χ4v) is 3.36. The first-order valence-electron chi connectivity index (χ1n) is 7.45. The maximum atomic E-state index is 5.93. The van der Waals surface area contributed by atoms with Crippen LogP contribution in [0.25, 0.3) is 11.0 Å². The van der Waals surface area contributed by atoms with Crippen molar-refractivity contribution in [1.29, 1.82) is 0 Å². The molecule has 0 aliphatic carbocycles. The average molecular weight is 293 g/mol. The van der Waals surface area contributed by atoms with Crippen LogP contribution in [0.15, 0.2) is 24.3 Å². The van der Waals surface area contributed by atoms with Crippen LogP contribution in [0.3, 0.4) is 0 Å². The van der Waals surface area contributed by atoms with Crippen molar-refractivity contribution in [2.24, 2.45) is 5.92 Å². The van der Waals surface area contributed by atoms with Crippen molar-refractivity contribution >= 4 is 22.6 Å². The van der Waals surface area contributed by atoms with E-state index in [-0.39, 0.29) is 0 Å². The van der Waals surface area contributed by atoms with Gasteiger partial charge in [-0.2, -0.15) is 0 Å². The van der Waals surface area contributed by atoms with Crippen molar-refractivity contribution in [2.75, 3.05) is 12.5 Å². The van der Waals surface area contributed by atoms with Crippen molar-refractivity contribution in [2.45, 2.75) is 38.8 Å². The van der Waals surface area contributed by atoms with Crippen LogP contribution in [0.5, 0.6) is 0 Å². The Balaban J connectivity index is 1.94. The summed E-state index contributed by atoms with van der Waals surface area (Å²) in [4.78, 5) is 4.73. The van der Waals surface area contributed by atoms with Gasteiger partial charge < -0.3 is 9.30 Å². The Bertz CT molecular complexity index is 581. The third kappa shape index (κ3) is 2.57. The third-order valence-electron chi connectivity index (χ3n) is 4.22. The molecular weight excluding hydrogens is 272 g/mol. The molecule has 0 amide bonds. The fourth-order valence-electron chi connectivity index (χ4n) is 3.19. The van der Waals surface area contributed by atoms with E-state index in [0.29, 0.717) is 17.9 Å². The minimum atomic E-state index is 0.389. The second-order valence-corrected chi connectivity index (χ2v) is 5.81. The Labute approximate surface area is 124 Å². The van der Waals surface area contributed by atoms with E-state index in [4.69, 9.17) is 21.3 Å². The molecule has 1 aliphatic rings. The Kier molecular flexibility index (Phi) is 4.27. The third-order valence-corrected chi connectivity index (χ3v) is 4.41. The molecule has 0 N–H and O–H groups in total. The van der Waals surface area contributed by atoms with E-state index in [1.54, 1.807) is 0 Å². The van der Waals surface area contributed by atoms with Gasteiger partial charge in [-0.3, -0.25) is 0 Å². The molecule has 0 saturated carbocycles. The highest BCUT2D eigenvalue weighted by molar-refractivity contribution is 6.17. The van der Waals surface area contributed by atoms with Crippen LogP contribution in [0.2, 0.25) is 0 Å². The van der Waals surface area contributed by atoms with Crippen molar-refractivity contribution < 1.29 is 4.74 Å². The monoisotopic (exact) mass is 292 g/mol. The van der Waals surface area contributed by atoms with E-state index >= 15 is 0 Å². The number of hydrogen-bond acceptors (Lipinski definition) is 2. The number of nitrogens with zero attached hydrogens (tertiary/aromatic N) is 2. The molecule has 1 aromatic carbocycles. The number of alkyl halides is 1. The molecule has 0 spiro atoms. The Morgan fingerprint density at radius 1 is 1.40 bits per heavy atom. The molecule has 0 radical (unpaired) electrons. The highest BCUT2D eigenvalue weighted by Gasteiger charge is 2.28. The first kappa shape index (κ1) is 13.9. The number of imidazole rings is 1. The molecule has 2 aromatic rings. The van der Waals surface area contributed by atoms with Gasteiger partial charge in [-0.15, -0.1) is 11.6 Å². The van der Waals surface area contributed by atoms with Crippen LogP contribution in [0.4, 0.5) is 0 Å². The smallest absolute Gasteiger partial charge is 0.111 e. The van der Waals surface area contributed by atoms with Gasteiger partial charge in [0, 0.05) is 31.4 Å². The number of rotatable bonds is 5. The lowest BCUT2D eigenvalue weighted by molar-refractivity contribution is 0.0836. The summed E-state index contributed by atoms with van der Waals surface area (Å²) in [7, 11) is 0. The van der Waals surface area contributed by atoms with Crippen LogP contribution >= 0.6 is 11.6 Å².